The van der Waals surface area contributed by atoms with Crippen molar-refractivity contribution in [3.05, 3.63) is 11.9 Å². The van der Waals surface area contributed by atoms with Crippen molar-refractivity contribution in [2.24, 2.45) is 11.7 Å². The summed E-state index contributed by atoms with van der Waals surface area (Å²) in [5.41, 5.74) is 6.15. The van der Waals surface area contributed by atoms with E-state index in [1.54, 1.807) is 11.1 Å². The lowest BCUT2D eigenvalue weighted by molar-refractivity contribution is -0.131. The second-order valence-corrected chi connectivity index (χ2v) is 4.94. The van der Waals surface area contributed by atoms with E-state index in [0.717, 1.165) is 32.6 Å². The van der Waals surface area contributed by atoms with Crippen molar-refractivity contribution in [3.63, 3.8) is 0 Å². The second-order valence-electron chi connectivity index (χ2n) is 4.94. The van der Waals surface area contributed by atoms with Crippen LogP contribution in [0, 0.1) is 5.92 Å². The predicted molar refractivity (Wildman–Crippen MR) is 69.1 cm³/mol. The Morgan fingerprint density at radius 2 is 2.32 bits per heavy atom. The van der Waals surface area contributed by atoms with E-state index in [4.69, 9.17) is 10.5 Å². The van der Waals surface area contributed by atoms with Gasteiger partial charge in [0.2, 0.25) is 5.91 Å². The summed E-state index contributed by atoms with van der Waals surface area (Å²) in [5.74, 6) is 0.581. The van der Waals surface area contributed by atoms with E-state index in [1.165, 1.54) is 4.68 Å². The zero-order chi connectivity index (χ0) is 13.7. The Hall–Kier alpha value is -1.47. The Balaban J connectivity index is 1.81. The number of nitrogens with zero attached hydrogens (tertiary/aromatic N) is 4. The van der Waals surface area contributed by atoms with Gasteiger partial charge in [0.05, 0.1) is 11.9 Å². The first-order valence-electron chi connectivity index (χ1n) is 6.60. The smallest absolute Gasteiger partial charge is 0.244 e. The molecule has 19 heavy (non-hydrogen) atoms. The van der Waals surface area contributed by atoms with Crippen molar-refractivity contribution >= 4 is 5.91 Å². The third kappa shape index (κ3) is 4.00. The molecule has 0 atom stereocenters. The molecule has 7 heteroatoms. The summed E-state index contributed by atoms with van der Waals surface area (Å²) in [7, 11) is 1.83. The standard InChI is InChI=1S/C12H21N5O2/c1-16(7-10-2-4-19-5-3-10)12(18)9-17-8-11(6-13)14-15-17/h8,10H,2-7,9,13H2,1H3. The molecule has 1 aliphatic heterocycles. The minimum Gasteiger partial charge on any atom is -0.381 e. The molecule has 1 amide bonds. The maximum Gasteiger partial charge on any atom is 0.244 e. The van der Waals surface area contributed by atoms with Crippen molar-refractivity contribution < 1.29 is 9.53 Å². The van der Waals surface area contributed by atoms with Crippen LogP contribution in [-0.4, -0.2) is 52.6 Å². The van der Waals surface area contributed by atoms with E-state index in [9.17, 15) is 4.79 Å². The average Bonchev–Trinajstić information content (AvgIpc) is 2.87. The van der Waals surface area contributed by atoms with Crippen LogP contribution in [-0.2, 0) is 22.6 Å². The third-order valence-corrected chi connectivity index (χ3v) is 3.39. The molecule has 1 saturated heterocycles. The molecule has 1 aromatic heterocycles. The van der Waals surface area contributed by atoms with E-state index in [0.29, 0.717) is 18.2 Å². The summed E-state index contributed by atoms with van der Waals surface area (Å²) in [6, 6.07) is 0. The van der Waals surface area contributed by atoms with Gasteiger partial charge in [-0.1, -0.05) is 5.21 Å². The number of ether oxygens (including phenoxy) is 1. The van der Waals surface area contributed by atoms with E-state index < -0.39 is 0 Å². The molecule has 0 unspecified atom stereocenters. The van der Waals surface area contributed by atoms with Gasteiger partial charge in [0.1, 0.15) is 6.54 Å². The fraction of sp³-hybridized carbons (Fsp3) is 0.750. The van der Waals surface area contributed by atoms with Crippen LogP contribution in [0.2, 0.25) is 0 Å². The molecular weight excluding hydrogens is 246 g/mol. The topological polar surface area (TPSA) is 86.3 Å². The second kappa shape index (κ2) is 6.63. The number of hydrogen-bond acceptors (Lipinski definition) is 5. The minimum atomic E-state index is 0.0416. The fourth-order valence-corrected chi connectivity index (χ4v) is 2.19. The Kier molecular flexibility index (Phi) is 4.86. The van der Waals surface area contributed by atoms with Gasteiger partial charge in [0.15, 0.2) is 0 Å². The van der Waals surface area contributed by atoms with Crippen molar-refractivity contribution in [2.45, 2.75) is 25.9 Å². The van der Waals surface area contributed by atoms with Gasteiger partial charge >= 0.3 is 0 Å². The Morgan fingerprint density at radius 1 is 1.58 bits per heavy atom. The first-order chi connectivity index (χ1) is 9.19. The predicted octanol–water partition coefficient (Wildman–Crippen LogP) is -0.378. The normalized spacial score (nSPS) is 16.5. The van der Waals surface area contributed by atoms with Crippen molar-refractivity contribution in [1.29, 1.82) is 0 Å². The molecule has 0 aliphatic carbocycles. The highest BCUT2D eigenvalue weighted by Gasteiger charge is 2.19. The Labute approximate surface area is 112 Å². The highest BCUT2D eigenvalue weighted by Crippen LogP contribution is 2.15. The van der Waals surface area contributed by atoms with E-state index in [-0.39, 0.29) is 12.5 Å². The van der Waals surface area contributed by atoms with E-state index in [2.05, 4.69) is 10.3 Å². The molecule has 0 radical (unpaired) electrons. The van der Waals surface area contributed by atoms with E-state index in [1.807, 2.05) is 7.05 Å². The molecular formula is C12H21N5O2. The van der Waals surface area contributed by atoms with Gasteiger partial charge in [-0.05, 0) is 18.8 Å². The molecule has 2 heterocycles. The maximum absolute atomic E-state index is 12.1. The highest BCUT2D eigenvalue weighted by molar-refractivity contribution is 5.75. The molecule has 106 valence electrons. The number of carbonyl (C=O) groups is 1. The Bertz CT molecular complexity index is 414. The maximum atomic E-state index is 12.1. The Morgan fingerprint density at radius 3 is 2.95 bits per heavy atom. The van der Waals surface area contributed by atoms with Crippen LogP contribution in [0.4, 0.5) is 0 Å². The zero-order valence-corrected chi connectivity index (χ0v) is 11.3. The number of nitrogens with two attached hydrogens (primary N) is 1. The lowest BCUT2D eigenvalue weighted by atomic mass is 10.00. The van der Waals surface area contributed by atoms with Gasteiger partial charge < -0.3 is 15.4 Å². The summed E-state index contributed by atoms with van der Waals surface area (Å²) in [4.78, 5) is 13.8. The molecule has 1 aromatic rings. The van der Waals surface area contributed by atoms with Crippen molar-refractivity contribution in [1.82, 2.24) is 19.9 Å². The van der Waals surface area contributed by atoms with Gasteiger partial charge in [-0.3, -0.25) is 4.79 Å². The lowest BCUT2D eigenvalue weighted by Gasteiger charge is -2.27. The number of hydrogen-bond donors (Lipinski definition) is 1. The van der Waals surface area contributed by atoms with E-state index >= 15 is 0 Å². The van der Waals surface area contributed by atoms with Gasteiger partial charge in [-0.25, -0.2) is 4.68 Å². The largest absolute Gasteiger partial charge is 0.381 e. The van der Waals surface area contributed by atoms with Crippen LogP contribution >= 0.6 is 0 Å². The monoisotopic (exact) mass is 267 g/mol. The van der Waals surface area contributed by atoms with Gasteiger partial charge in [-0.15, -0.1) is 5.10 Å². The number of amides is 1. The molecule has 0 bridgehead atoms. The molecule has 0 aromatic carbocycles. The van der Waals surface area contributed by atoms with Gasteiger partial charge in [0, 0.05) is 33.4 Å². The quantitative estimate of drug-likeness (QED) is 0.786. The lowest BCUT2D eigenvalue weighted by Crippen LogP contribution is -2.36. The molecule has 2 rings (SSSR count). The summed E-state index contributed by atoms with van der Waals surface area (Å²) < 4.78 is 6.85. The third-order valence-electron chi connectivity index (χ3n) is 3.39. The summed E-state index contributed by atoms with van der Waals surface area (Å²) in [6.07, 6.45) is 3.76. The number of likely N-dealkylation sites (N-methyl/N-ethyl adjacent to an activating group) is 1. The van der Waals surface area contributed by atoms with Gasteiger partial charge in [0.25, 0.3) is 0 Å². The summed E-state index contributed by atoms with van der Waals surface area (Å²) in [5, 5.41) is 7.74. The summed E-state index contributed by atoms with van der Waals surface area (Å²) >= 11 is 0. The van der Waals surface area contributed by atoms with Crippen LogP contribution in [0.5, 0.6) is 0 Å². The minimum absolute atomic E-state index is 0.0416. The molecule has 0 spiro atoms. The molecule has 7 nitrogen and oxygen atoms in total. The van der Waals surface area contributed by atoms with Crippen LogP contribution in [0.15, 0.2) is 6.20 Å². The number of carbonyl (C=O) groups excluding carboxylic acids is 1. The van der Waals surface area contributed by atoms with Gasteiger partial charge in [-0.2, -0.15) is 0 Å². The number of rotatable bonds is 5. The first-order valence-corrected chi connectivity index (χ1v) is 6.60. The summed E-state index contributed by atoms with van der Waals surface area (Å²) in [6.45, 7) is 2.94. The van der Waals surface area contributed by atoms with Crippen LogP contribution in [0.1, 0.15) is 18.5 Å². The molecule has 0 saturated carbocycles. The van der Waals surface area contributed by atoms with Crippen LogP contribution in [0.3, 0.4) is 0 Å². The van der Waals surface area contributed by atoms with Crippen LogP contribution < -0.4 is 5.73 Å². The van der Waals surface area contributed by atoms with Crippen LogP contribution in [0.25, 0.3) is 0 Å². The zero-order valence-electron chi connectivity index (χ0n) is 11.3. The SMILES string of the molecule is CN(CC1CCOCC1)C(=O)Cn1cc(CN)nn1. The molecule has 1 aliphatic rings. The molecule has 1 fully saturated rings. The first kappa shape index (κ1) is 14.0. The molecule has 2 N–H and O–H groups in total. The fourth-order valence-electron chi connectivity index (χ4n) is 2.19. The highest BCUT2D eigenvalue weighted by atomic mass is 16.5. The average molecular weight is 267 g/mol. The van der Waals surface area contributed by atoms with Crippen molar-refractivity contribution in [2.75, 3.05) is 26.8 Å². The number of aromatic nitrogens is 3. The van der Waals surface area contributed by atoms with Crippen molar-refractivity contribution in [3.8, 4) is 0 Å².